The van der Waals surface area contributed by atoms with Gasteiger partial charge in [-0.15, -0.1) is 10.2 Å². The minimum absolute atomic E-state index is 0.107. The Bertz CT molecular complexity index is 457. The predicted molar refractivity (Wildman–Crippen MR) is 52.5 cm³/mol. The highest BCUT2D eigenvalue weighted by atomic mass is 19.3. The van der Waals surface area contributed by atoms with E-state index in [0.717, 1.165) is 0 Å². The molecule has 17 heavy (non-hydrogen) atoms. The van der Waals surface area contributed by atoms with Gasteiger partial charge in [0.05, 0.1) is 7.11 Å². The van der Waals surface area contributed by atoms with E-state index in [2.05, 4.69) is 10.2 Å². The zero-order valence-electron chi connectivity index (χ0n) is 8.98. The third-order valence-corrected chi connectivity index (χ3v) is 2.73. The lowest BCUT2D eigenvalue weighted by molar-refractivity contribution is -0.0871. The summed E-state index contributed by atoms with van der Waals surface area (Å²) in [6.07, 6.45) is -0.623. The molecule has 0 radical (unpaired) electrons. The van der Waals surface area contributed by atoms with Crippen LogP contribution in [0.2, 0.25) is 0 Å². The van der Waals surface area contributed by atoms with Crippen molar-refractivity contribution < 1.29 is 23.4 Å². The molecule has 0 atom stereocenters. The molecule has 1 saturated carbocycles. The van der Waals surface area contributed by atoms with Crippen molar-refractivity contribution in [3.05, 3.63) is 17.3 Å². The molecule has 0 aromatic carbocycles. The molecule has 92 valence electrons. The Morgan fingerprint density at radius 3 is 2.65 bits per heavy atom. The molecular formula is C10H10F2N2O3. The highest BCUT2D eigenvalue weighted by molar-refractivity contribution is 5.85. The van der Waals surface area contributed by atoms with Crippen LogP contribution in [0, 0.1) is 0 Å². The Kier molecular flexibility index (Phi) is 2.68. The van der Waals surface area contributed by atoms with Gasteiger partial charge in [0.15, 0.2) is 5.69 Å². The molecule has 0 unspecified atom stereocenters. The lowest BCUT2D eigenvalue weighted by Crippen LogP contribution is -2.34. The standard InChI is InChI=1S/C10H10F2N2O3/c1-17-8-6(5-3-10(11,12)4-5)2-7(9(15)16)13-14-8/h2,5H,3-4H2,1H3,(H,15,16). The third-order valence-electron chi connectivity index (χ3n) is 2.73. The van der Waals surface area contributed by atoms with Crippen molar-refractivity contribution >= 4 is 5.97 Å². The Morgan fingerprint density at radius 1 is 1.53 bits per heavy atom. The Labute approximate surface area is 95.4 Å². The van der Waals surface area contributed by atoms with Crippen LogP contribution in [0.3, 0.4) is 0 Å². The van der Waals surface area contributed by atoms with Crippen LogP contribution in [-0.4, -0.2) is 34.3 Å². The van der Waals surface area contributed by atoms with Crippen LogP contribution in [-0.2, 0) is 0 Å². The molecule has 5 nitrogen and oxygen atoms in total. The van der Waals surface area contributed by atoms with Gasteiger partial charge in [0, 0.05) is 24.3 Å². The van der Waals surface area contributed by atoms with Gasteiger partial charge in [-0.05, 0) is 6.07 Å². The first-order chi connectivity index (χ1) is 7.93. The average molecular weight is 244 g/mol. The highest BCUT2D eigenvalue weighted by Crippen LogP contribution is 2.49. The first-order valence-corrected chi connectivity index (χ1v) is 4.95. The number of rotatable bonds is 3. The van der Waals surface area contributed by atoms with E-state index in [1.54, 1.807) is 0 Å². The van der Waals surface area contributed by atoms with Crippen LogP contribution in [0.1, 0.15) is 34.8 Å². The van der Waals surface area contributed by atoms with Crippen LogP contribution >= 0.6 is 0 Å². The van der Waals surface area contributed by atoms with Crippen molar-refractivity contribution in [3.8, 4) is 5.88 Å². The van der Waals surface area contributed by atoms with Crippen LogP contribution in [0.15, 0.2) is 6.07 Å². The minimum atomic E-state index is -2.68. The van der Waals surface area contributed by atoms with Crippen molar-refractivity contribution in [1.82, 2.24) is 10.2 Å². The number of aromatic nitrogens is 2. The molecule has 0 bridgehead atoms. The van der Waals surface area contributed by atoms with Crippen molar-refractivity contribution in [1.29, 1.82) is 0 Å². The summed E-state index contributed by atoms with van der Waals surface area (Å²) in [6, 6.07) is 1.24. The maximum atomic E-state index is 12.8. The number of methoxy groups -OCH3 is 1. The van der Waals surface area contributed by atoms with Gasteiger partial charge in [-0.25, -0.2) is 13.6 Å². The Hall–Kier alpha value is -1.79. The van der Waals surface area contributed by atoms with Crippen molar-refractivity contribution in [2.75, 3.05) is 7.11 Å². The van der Waals surface area contributed by atoms with Crippen LogP contribution in [0.4, 0.5) is 8.78 Å². The molecule has 1 aromatic rings. The second-order valence-electron chi connectivity index (χ2n) is 3.96. The number of ether oxygens (including phenoxy) is 1. The van der Waals surface area contributed by atoms with E-state index in [-0.39, 0.29) is 24.4 Å². The van der Waals surface area contributed by atoms with E-state index in [0.29, 0.717) is 5.56 Å². The molecule has 1 heterocycles. The fourth-order valence-corrected chi connectivity index (χ4v) is 1.83. The molecule has 0 amide bonds. The number of alkyl halides is 2. The van der Waals surface area contributed by atoms with Crippen molar-refractivity contribution in [3.63, 3.8) is 0 Å². The van der Waals surface area contributed by atoms with E-state index in [9.17, 15) is 13.6 Å². The largest absolute Gasteiger partial charge is 0.480 e. The molecule has 0 spiro atoms. The highest BCUT2D eigenvalue weighted by Gasteiger charge is 2.47. The summed E-state index contributed by atoms with van der Waals surface area (Å²) in [6.45, 7) is 0. The van der Waals surface area contributed by atoms with Gasteiger partial charge in [0.1, 0.15) is 0 Å². The quantitative estimate of drug-likeness (QED) is 0.876. The van der Waals surface area contributed by atoms with Crippen molar-refractivity contribution in [2.45, 2.75) is 24.7 Å². The first kappa shape index (κ1) is 11.7. The van der Waals surface area contributed by atoms with E-state index < -0.39 is 17.8 Å². The van der Waals surface area contributed by atoms with Gasteiger partial charge >= 0.3 is 5.97 Å². The molecule has 1 N–H and O–H groups in total. The molecule has 1 aromatic heterocycles. The van der Waals surface area contributed by atoms with E-state index in [4.69, 9.17) is 9.84 Å². The molecular weight excluding hydrogens is 234 g/mol. The summed E-state index contributed by atoms with van der Waals surface area (Å²) in [5.74, 6) is -4.24. The molecule has 0 aliphatic heterocycles. The Morgan fingerprint density at radius 2 is 2.18 bits per heavy atom. The van der Waals surface area contributed by atoms with Gasteiger partial charge in [0.25, 0.3) is 0 Å². The fraction of sp³-hybridized carbons (Fsp3) is 0.500. The number of nitrogens with zero attached hydrogens (tertiary/aromatic N) is 2. The van der Waals surface area contributed by atoms with Crippen LogP contribution < -0.4 is 4.74 Å². The monoisotopic (exact) mass is 244 g/mol. The maximum Gasteiger partial charge on any atom is 0.356 e. The second kappa shape index (κ2) is 3.90. The number of carboxylic acid groups (broad SMARTS) is 1. The lowest BCUT2D eigenvalue weighted by atomic mass is 9.77. The lowest BCUT2D eigenvalue weighted by Gasteiger charge is -2.35. The number of carboxylic acids is 1. The summed E-state index contributed by atoms with van der Waals surface area (Å²) in [7, 11) is 1.34. The number of halogens is 2. The SMILES string of the molecule is COc1nnc(C(=O)O)cc1C1CC(F)(F)C1. The first-order valence-electron chi connectivity index (χ1n) is 4.95. The number of hydrogen-bond donors (Lipinski definition) is 1. The molecule has 1 aliphatic carbocycles. The normalized spacial score (nSPS) is 18.5. The second-order valence-corrected chi connectivity index (χ2v) is 3.96. The molecule has 7 heteroatoms. The van der Waals surface area contributed by atoms with Crippen molar-refractivity contribution in [2.24, 2.45) is 0 Å². The zero-order chi connectivity index (χ0) is 12.6. The number of aromatic carboxylic acids is 1. The Balaban J connectivity index is 2.31. The predicted octanol–water partition coefficient (Wildman–Crippen LogP) is 1.70. The summed E-state index contributed by atoms with van der Waals surface area (Å²) < 4.78 is 30.4. The molecule has 2 rings (SSSR count). The summed E-state index contributed by atoms with van der Waals surface area (Å²) in [4.78, 5) is 10.7. The number of carbonyl (C=O) groups is 1. The van der Waals surface area contributed by atoms with E-state index in [1.165, 1.54) is 13.2 Å². The zero-order valence-corrected chi connectivity index (χ0v) is 8.98. The van der Waals surface area contributed by atoms with Gasteiger partial charge < -0.3 is 9.84 Å². The van der Waals surface area contributed by atoms with Gasteiger partial charge in [-0.1, -0.05) is 0 Å². The topological polar surface area (TPSA) is 72.3 Å². The third kappa shape index (κ3) is 2.17. The average Bonchev–Trinajstić information content (AvgIpc) is 2.24. The van der Waals surface area contributed by atoms with Gasteiger partial charge in [0.2, 0.25) is 11.8 Å². The van der Waals surface area contributed by atoms with Crippen LogP contribution in [0.25, 0.3) is 0 Å². The molecule has 1 fully saturated rings. The summed E-state index contributed by atoms with van der Waals surface area (Å²) in [5, 5.41) is 15.8. The summed E-state index contributed by atoms with van der Waals surface area (Å²) in [5.41, 5.74) is 0.113. The van der Waals surface area contributed by atoms with Gasteiger partial charge in [-0.3, -0.25) is 0 Å². The molecule has 0 saturated heterocycles. The smallest absolute Gasteiger partial charge is 0.356 e. The van der Waals surface area contributed by atoms with Gasteiger partial charge in [-0.2, -0.15) is 0 Å². The molecule has 1 aliphatic rings. The number of hydrogen-bond acceptors (Lipinski definition) is 4. The summed E-state index contributed by atoms with van der Waals surface area (Å²) >= 11 is 0. The van der Waals surface area contributed by atoms with E-state index >= 15 is 0 Å². The fourth-order valence-electron chi connectivity index (χ4n) is 1.83. The minimum Gasteiger partial charge on any atom is -0.480 e. The maximum absolute atomic E-state index is 12.8. The van der Waals surface area contributed by atoms with Crippen LogP contribution in [0.5, 0.6) is 5.88 Å². The van der Waals surface area contributed by atoms with E-state index in [1.807, 2.05) is 0 Å².